The van der Waals surface area contributed by atoms with Gasteiger partial charge in [-0.1, -0.05) is 0 Å². The monoisotopic (exact) mass is 359 g/mol. The first-order valence-corrected chi connectivity index (χ1v) is 7.81. The fourth-order valence-electron chi connectivity index (χ4n) is 2.18. The highest BCUT2D eigenvalue weighted by molar-refractivity contribution is 5.96. The average molecular weight is 359 g/mol. The summed E-state index contributed by atoms with van der Waals surface area (Å²) in [5, 5.41) is 2.49. The standard InChI is InChI=1S/C18H21N3O5/c1-20(2)17(23)12-9-15(18(24)21(3)10-12)19-16(22)11-26-14-7-5-13(25-4)6-8-14/h5-10H,11H2,1-4H3,(H,19,22). The minimum atomic E-state index is -0.507. The van der Waals surface area contributed by atoms with Crippen LogP contribution in [0.4, 0.5) is 5.69 Å². The molecule has 8 nitrogen and oxygen atoms in total. The number of carbonyl (C=O) groups is 2. The van der Waals surface area contributed by atoms with Gasteiger partial charge in [-0.25, -0.2) is 0 Å². The summed E-state index contributed by atoms with van der Waals surface area (Å²) in [6, 6.07) is 8.11. The molecule has 2 rings (SSSR count). The van der Waals surface area contributed by atoms with Crippen LogP contribution in [-0.2, 0) is 11.8 Å². The molecule has 0 aliphatic rings. The molecule has 0 aliphatic carbocycles. The van der Waals surface area contributed by atoms with Crippen LogP contribution in [0.2, 0.25) is 0 Å². The molecular formula is C18H21N3O5. The lowest BCUT2D eigenvalue weighted by molar-refractivity contribution is -0.118. The smallest absolute Gasteiger partial charge is 0.274 e. The largest absolute Gasteiger partial charge is 0.497 e. The lowest BCUT2D eigenvalue weighted by atomic mass is 10.2. The molecule has 1 N–H and O–H groups in total. The van der Waals surface area contributed by atoms with E-state index in [0.717, 1.165) is 0 Å². The first-order chi connectivity index (χ1) is 12.3. The lowest BCUT2D eigenvalue weighted by Crippen LogP contribution is -2.29. The van der Waals surface area contributed by atoms with E-state index in [-0.39, 0.29) is 18.2 Å². The molecule has 1 heterocycles. The normalized spacial score (nSPS) is 10.2. The molecule has 0 fully saturated rings. The number of anilines is 1. The molecule has 0 unspecified atom stereocenters. The number of aryl methyl sites for hydroxylation is 1. The van der Waals surface area contributed by atoms with Gasteiger partial charge in [0.25, 0.3) is 17.4 Å². The Morgan fingerprint density at radius 3 is 2.35 bits per heavy atom. The topological polar surface area (TPSA) is 89.9 Å². The zero-order valence-corrected chi connectivity index (χ0v) is 15.1. The summed E-state index contributed by atoms with van der Waals surface area (Å²) in [5.41, 5.74) is -0.106. The van der Waals surface area contributed by atoms with Crippen LogP contribution in [0.3, 0.4) is 0 Å². The zero-order valence-electron chi connectivity index (χ0n) is 15.1. The molecule has 0 saturated carbocycles. The third-order valence-electron chi connectivity index (χ3n) is 3.54. The highest BCUT2D eigenvalue weighted by Gasteiger charge is 2.14. The Labute approximate surface area is 150 Å². The van der Waals surface area contributed by atoms with Crippen LogP contribution in [0.25, 0.3) is 0 Å². The Morgan fingerprint density at radius 2 is 1.77 bits per heavy atom. The quantitative estimate of drug-likeness (QED) is 0.835. The number of pyridine rings is 1. The Hall–Kier alpha value is -3.29. The number of nitrogens with one attached hydrogen (secondary N) is 1. The van der Waals surface area contributed by atoms with Gasteiger partial charge < -0.3 is 24.3 Å². The van der Waals surface area contributed by atoms with Gasteiger partial charge in [0.2, 0.25) is 0 Å². The molecule has 0 spiro atoms. The van der Waals surface area contributed by atoms with E-state index in [2.05, 4.69) is 5.32 Å². The van der Waals surface area contributed by atoms with Crippen molar-refractivity contribution in [3.05, 3.63) is 52.4 Å². The third-order valence-corrected chi connectivity index (χ3v) is 3.54. The Bertz CT molecular complexity index is 856. The molecule has 138 valence electrons. The predicted molar refractivity (Wildman–Crippen MR) is 96.8 cm³/mol. The number of ether oxygens (including phenoxy) is 2. The molecule has 0 radical (unpaired) electrons. The van der Waals surface area contributed by atoms with E-state index >= 15 is 0 Å². The maximum Gasteiger partial charge on any atom is 0.274 e. The van der Waals surface area contributed by atoms with E-state index in [1.807, 2.05) is 0 Å². The number of benzene rings is 1. The van der Waals surface area contributed by atoms with E-state index in [9.17, 15) is 14.4 Å². The highest BCUT2D eigenvalue weighted by Crippen LogP contribution is 2.17. The second-order valence-corrected chi connectivity index (χ2v) is 5.77. The molecule has 0 bridgehead atoms. The molecule has 26 heavy (non-hydrogen) atoms. The predicted octanol–water partition coefficient (Wildman–Crippen LogP) is 1.11. The van der Waals surface area contributed by atoms with Crippen molar-refractivity contribution in [2.75, 3.05) is 33.1 Å². The van der Waals surface area contributed by atoms with Crippen LogP contribution in [0.15, 0.2) is 41.3 Å². The van der Waals surface area contributed by atoms with Crippen molar-refractivity contribution in [1.29, 1.82) is 0 Å². The number of hydrogen-bond donors (Lipinski definition) is 1. The minimum absolute atomic E-state index is 0.0172. The number of nitrogens with zero attached hydrogens (tertiary/aromatic N) is 2. The van der Waals surface area contributed by atoms with Gasteiger partial charge in [0.05, 0.1) is 12.7 Å². The molecule has 8 heteroatoms. The van der Waals surface area contributed by atoms with Gasteiger partial charge in [-0.2, -0.15) is 0 Å². The van der Waals surface area contributed by atoms with E-state index in [1.54, 1.807) is 45.5 Å². The van der Waals surface area contributed by atoms with Crippen LogP contribution in [0, 0.1) is 0 Å². The number of methoxy groups -OCH3 is 1. The van der Waals surface area contributed by atoms with Crippen molar-refractivity contribution in [3.63, 3.8) is 0 Å². The van der Waals surface area contributed by atoms with Crippen molar-refractivity contribution in [2.45, 2.75) is 0 Å². The van der Waals surface area contributed by atoms with Gasteiger partial charge in [0.15, 0.2) is 6.61 Å². The summed E-state index contributed by atoms with van der Waals surface area (Å²) in [6.45, 7) is -0.276. The zero-order chi connectivity index (χ0) is 19.3. The molecular weight excluding hydrogens is 338 g/mol. The lowest BCUT2D eigenvalue weighted by Gasteiger charge is -2.13. The Morgan fingerprint density at radius 1 is 1.15 bits per heavy atom. The Kier molecular flexibility index (Phi) is 6.00. The van der Waals surface area contributed by atoms with Crippen LogP contribution in [0.1, 0.15) is 10.4 Å². The average Bonchev–Trinajstić information content (AvgIpc) is 2.63. The van der Waals surface area contributed by atoms with Gasteiger partial charge in [-0.15, -0.1) is 0 Å². The van der Waals surface area contributed by atoms with E-state index in [1.165, 1.54) is 28.8 Å². The van der Waals surface area contributed by atoms with Crippen molar-refractivity contribution in [3.8, 4) is 11.5 Å². The third kappa shape index (κ3) is 4.62. The van der Waals surface area contributed by atoms with Crippen molar-refractivity contribution >= 4 is 17.5 Å². The van der Waals surface area contributed by atoms with Gasteiger partial charge in [0, 0.05) is 27.3 Å². The fraction of sp³-hybridized carbons (Fsp3) is 0.278. The SMILES string of the molecule is COc1ccc(OCC(=O)Nc2cc(C(=O)N(C)C)cn(C)c2=O)cc1. The highest BCUT2D eigenvalue weighted by atomic mass is 16.5. The molecule has 1 aromatic heterocycles. The van der Waals surface area contributed by atoms with Crippen molar-refractivity contribution in [1.82, 2.24) is 9.47 Å². The van der Waals surface area contributed by atoms with E-state index < -0.39 is 11.5 Å². The summed E-state index contributed by atoms with van der Waals surface area (Å²) in [5.74, 6) is 0.385. The number of carbonyl (C=O) groups excluding carboxylic acids is 2. The van der Waals surface area contributed by atoms with Gasteiger partial charge in [0.1, 0.15) is 17.2 Å². The molecule has 0 saturated heterocycles. The van der Waals surface area contributed by atoms with Gasteiger partial charge in [-0.3, -0.25) is 14.4 Å². The molecule has 2 aromatic rings. The van der Waals surface area contributed by atoms with Crippen molar-refractivity contribution < 1.29 is 19.1 Å². The number of amides is 2. The number of aromatic nitrogens is 1. The summed E-state index contributed by atoms with van der Waals surface area (Å²) in [7, 11) is 6.28. The second-order valence-electron chi connectivity index (χ2n) is 5.77. The van der Waals surface area contributed by atoms with Crippen LogP contribution < -0.4 is 20.3 Å². The van der Waals surface area contributed by atoms with Crippen LogP contribution in [-0.4, -0.2) is 49.1 Å². The summed E-state index contributed by atoms with van der Waals surface area (Å²) in [6.07, 6.45) is 1.42. The van der Waals surface area contributed by atoms with Gasteiger partial charge >= 0.3 is 0 Å². The molecule has 0 aliphatic heterocycles. The molecule has 1 aromatic carbocycles. The maximum absolute atomic E-state index is 12.2. The first kappa shape index (κ1) is 19.0. The first-order valence-electron chi connectivity index (χ1n) is 7.81. The Balaban J connectivity index is 2.07. The molecule has 2 amide bonds. The maximum atomic E-state index is 12.2. The van der Waals surface area contributed by atoms with E-state index in [4.69, 9.17) is 9.47 Å². The number of rotatable bonds is 6. The fourth-order valence-corrected chi connectivity index (χ4v) is 2.18. The minimum Gasteiger partial charge on any atom is -0.497 e. The van der Waals surface area contributed by atoms with Crippen LogP contribution in [0.5, 0.6) is 11.5 Å². The van der Waals surface area contributed by atoms with Crippen molar-refractivity contribution in [2.24, 2.45) is 7.05 Å². The summed E-state index contributed by atoms with van der Waals surface area (Å²) >= 11 is 0. The van der Waals surface area contributed by atoms with E-state index in [0.29, 0.717) is 17.1 Å². The summed E-state index contributed by atoms with van der Waals surface area (Å²) in [4.78, 5) is 37.7. The summed E-state index contributed by atoms with van der Waals surface area (Å²) < 4.78 is 11.7. The number of hydrogen-bond acceptors (Lipinski definition) is 5. The van der Waals surface area contributed by atoms with Gasteiger partial charge in [-0.05, 0) is 30.3 Å². The second kappa shape index (κ2) is 8.19. The van der Waals surface area contributed by atoms with Crippen LogP contribution >= 0.6 is 0 Å². The molecule has 0 atom stereocenters.